The van der Waals surface area contributed by atoms with Crippen LogP contribution in [0.25, 0.3) is 6.08 Å². The number of anilines is 1. The molecule has 0 saturated carbocycles. The van der Waals surface area contributed by atoms with E-state index in [1.165, 1.54) is 6.08 Å². The lowest BCUT2D eigenvalue weighted by Crippen LogP contribution is -2.01. The number of hydrogen-bond acceptors (Lipinski definition) is 3. The van der Waals surface area contributed by atoms with E-state index in [-0.39, 0.29) is 16.6 Å². The molecule has 17 heavy (non-hydrogen) atoms. The number of hydrogen-bond donors (Lipinski definition) is 1. The molecule has 0 amide bonds. The molecule has 0 atom stereocenters. The van der Waals surface area contributed by atoms with Crippen LogP contribution in [0.4, 0.5) is 14.5 Å². The minimum Gasteiger partial charge on any atom is -0.463 e. The van der Waals surface area contributed by atoms with E-state index >= 15 is 0 Å². The van der Waals surface area contributed by atoms with Gasteiger partial charge in [0.1, 0.15) is 11.5 Å². The zero-order chi connectivity index (χ0) is 13.0. The molecule has 0 aliphatic carbocycles. The van der Waals surface area contributed by atoms with E-state index in [9.17, 15) is 13.6 Å². The normalized spacial score (nSPS) is 10.8. The molecule has 1 rings (SSSR count). The highest BCUT2D eigenvalue weighted by Gasteiger charge is 2.13. The maximum atomic E-state index is 13.6. The molecule has 0 aliphatic heterocycles. The zero-order valence-electron chi connectivity index (χ0n) is 8.97. The predicted octanol–water partition coefficient (Wildman–Crippen LogP) is 2.89. The van der Waals surface area contributed by atoms with Crippen LogP contribution in [0.15, 0.2) is 16.6 Å². The molecular formula is C11H10BrF2NO2. The van der Waals surface area contributed by atoms with Gasteiger partial charge in [-0.1, -0.05) is 0 Å². The Kier molecular flexibility index (Phi) is 4.62. The van der Waals surface area contributed by atoms with Gasteiger partial charge in [0.25, 0.3) is 0 Å². The van der Waals surface area contributed by atoms with Crippen molar-refractivity contribution in [3.8, 4) is 0 Å². The molecular weight excluding hydrogens is 296 g/mol. The number of halogens is 3. The monoisotopic (exact) mass is 305 g/mol. The fourth-order valence-electron chi connectivity index (χ4n) is 1.12. The lowest BCUT2D eigenvalue weighted by Gasteiger charge is -2.05. The van der Waals surface area contributed by atoms with Gasteiger partial charge in [-0.2, -0.15) is 0 Å². The van der Waals surface area contributed by atoms with Crippen molar-refractivity contribution in [3.63, 3.8) is 0 Å². The van der Waals surface area contributed by atoms with Crippen LogP contribution in [-0.4, -0.2) is 12.6 Å². The number of carbonyl (C=O) groups is 1. The number of rotatable bonds is 3. The van der Waals surface area contributed by atoms with Crippen molar-refractivity contribution in [3.05, 3.63) is 33.8 Å². The Morgan fingerprint density at radius 3 is 2.82 bits per heavy atom. The third kappa shape index (κ3) is 3.26. The topological polar surface area (TPSA) is 52.3 Å². The van der Waals surface area contributed by atoms with Gasteiger partial charge in [-0.3, -0.25) is 0 Å². The first-order valence-electron chi connectivity index (χ1n) is 4.75. The SMILES string of the molecule is CCOC(=O)/C=C/c1c(Br)cc(F)c(N)c1F. The molecule has 0 saturated heterocycles. The van der Waals surface area contributed by atoms with E-state index in [0.29, 0.717) is 0 Å². The molecule has 2 N–H and O–H groups in total. The van der Waals surface area contributed by atoms with Crippen LogP contribution < -0.4 is 5.73 Å². The standard InChI is InChI=1S/C11H10BrF2NO2/c1-2-17-9(16)4-3-6-7(12)5-8(13)11(15)10(6)14/h3-5H,2,15H2,1H3/b4-3+. The number of ether oxygens (including phenoxy) is 1. The third-order valence-corrected chi connectivity index (χ3v) is 2.57. The van der Waals surface area contributed by atoms with Gasteiger partial charge in [0.05, 0.1) is 6.61 Å². The molecule has 92 valence electrons. The van der Waals surface area contributed by atoms with Gasteiger partial charge in [0.15, 0.2) is 5.82 Å². The van der Waals surface area contributed by atoms with Crippen molar-refractivity contribution >= 4 is 33.7 Å². The Hall–Kier alpha value is -1.43. The van der Waals surface area contributed by atoms with Crippen LogP contribution >= 0.6 is 15.9 Å². The Bertz CT molecular complexity index is 475. The number of nitrogen functional groups attached to an aromatic ring is 1. The van der Waals surface area contributed by atoms with E-state index in [4.69, 9.17) is 5.73 Å². The van der Waals surface area contributed by atoms with Crippen molar-refractivity contribution < 1.29 is 18.3 Å². The van der Waals surface area contributed by atoms with Crippen LogP contribution in [-0.2, 0) is 9.53 Å². The molecule has 0 unspecified atom stereocenters. The Labute approximate surface area is 105 Å². The highest BCUT2D eigenvalue weighted by Crippen LogP contribution is 2.28. The molecule has 0 spiro atoms. The van der Waals surface area contributed by atoms with Crippen LogP contribution in [0.2, 0.25) is 0 Å². The Balaban J connectivity index is 3.07. The maximum Gasteiger partial charge on any atom is 0.330 e. The van der Waals surface area contributed by atoms with Gasteiger partial charge in [-0.15, -0.1) is 0 Å². The van der Waals surface area contributed by atoms with Crippen LogP contribution in [0.3, 0.4) is 0 Å². The fraction of sp³-hybridized carbons (Fsp3) is 0.182. The quantitative estimate of drug-likeness (QED) is 0.531. The molecule has 0 bridgehead atoms. The van der Waals surface area contributed by atoms with Gasteiger partial charge in [-0.05, 0) is 35.0 Å². The third-order valence-electron chi connectivity index (χ3n) is 1.91. The average molecular weight is 306 g/mol. The second-order valence-electron chi connectivity index (χ2n) is 3.07. The zero-order valence-corrected chi connectivity index (χ0v) is 10.6. The summed E-state index contributed by atoms with van der Waals surface area (Å²) >= 11 is 2.98. The minimum atomic E-state index is -0.919. The Morgan fingerprint density at radius 2 is 2.24 bits per heavy atom. The summed E-state index contributed by atoms with van der Waals surface area (Å²) < 4.78 is 31.4. The molecule has 3 nitrogen and oxygen atoms in total. The summed E-state index contributed by atoms with van der Waals surface area (Å²) in [5, 5.41) is 0. The van der Waals surface area contributed by atoms with E-state index in [2.05, 4.69) is 20.7 Å². The molecule has 0 aliphatic rings. The molecule has 0 fully saturated rings. The number of nitrogens with two attached hydrogens (primary N) is 1. The lowest BCUT2D eigenvalue weighted by molar-refractivity contribution is -0.137. The fourth-order valence-corrected chi connectivity index (χ4v) is 1.62. The first kappa shape index (κ1) is 13.6. The second-order valence-corrected chi connectivity index (χ2v) is 3.92. The summed E-state index contributed by atoms with van der Waals surface area (Å²) in [6.07, 6.45) is 2.22. The summed E-state index contributed by atoms with van der Waals surface area (Å²) in [4.78, 5) is 11.0. The summed E-state index contributed by atoms with van der Waals surface area (Å²) in [5.74, 6) is -2.39. The number of benzene rings is 1. The molecule has 1 aromatic carbocycles. The van der Waals surface area contributed by atoms with E-state index < -0.39 is 23.3 Å². The molecule has 1 aromatic rings. The summed E-state index contributed by atoms with van der Waals surface area (Å²) in [5.41, 5.74) is 4.61. The molecule has 0 heterocycles. The largest absolute Gasteiger partial charge is 0.463 e. The van der Waals surface area contributed by atoms with Crippen molar-refractivity contribution in [1.82, 2.24) is 0 Å². The maximum absolute atomic E-state index is 13.6. The Morgan fingerprint density at radius 1 is 1.59 bits per heavy atom. The summed E-state index contributed by atoms with van der Waals surface area (Å²) in [6, 6.07) is 1.03. The van der Waals surface area contributed by atoms with Crippen molar-refractivity contribution in [1.29, 1.82) is 0 Å². The van der Waals surface area contributed by atoms with E-state index in [1.54, 1.807) is 6.92 Å². The van der Waals surface area contributed by atoms with Crippen LogP contribution in [0, 0.1) is 11.6 Å². The summed E-state index contributed by atoms with van der Waals surface area (Å²) in [7, 11) is 0. The summed E-state index contributed by atoms with van der Waals surface area (Å²) in [6.45, 7) is 1.87. The van der Waals surface area contributed by atoms with Gasteiger partial charge in [-0.25, -0.2) is 13.6 Å². The highest BCUT2D eigenvalue weighted by atomic mass is 79.9. The lowest BCUT2D eigenvalue weighted by atomic mass is 10.1. The van der Waals surface area contributed by atoms with Crippen molar-refractivity contribution in [2.75, 3.05) is 12.3 Å². The number of carbonyl (C=O) groups excluding carboxylic acids is 1. The predicted molar refractivity (Wildman–Crippen MR) is 64.1 cm³/mol. The average Bonchev–Trinajstić information content (AvgIpc) is 2.26. The molecule has 0 aromatic heterocycles. The minimum absolute atomic E-state index is 0.00282. The van der Waals surface area contributed by atoms with Gasteiger partial charge in [0, 0.05) is 16.1 Å². The van der Waals surface area contributed by atoms with Crippen LogP contribution in [0.1, 0.15) is 12.5 Å². The molecule has 6 heteroatoms. The second kappa shape index (κ2) is 5.77. The molecule has 0 radical (unpaired) electrons. The number of esters is 1. The highest BCUT2D eigenvalue weighted by molar-refractivity contribution is 9.10. The van der Waals surface area contributed by atoms with Crippen molar-refractivity contribution in [2.24, 2.45) is 0 Å². The van der Waals surface area contributed by atoms with Gasteiger partial charge < -0.3 is 10.5 Å². The first-order chi connectivity index (χ1) is 7.97. The van der Waals surface area contributed by atoms with E-state index in [1.807, 2.05) is 0 Å². The van der Waals surface area contributed by atoms with Crippen molar-refractivity contribution in [2.45, 2.75) is 6.92 Å². The van der Waals surface area contributed by atoms with Crippen LogP contribution in [0.5, 0.6) is 0 Å². The first-order valence-corrected chi connectivity index (χ1v) is 5.54. The van der Waals surface area contributed by atoms with E-state index in [0.717, 1.165) is 12.1 Å². The van der Waals surface area contributed by atoms with Gasteiger partial charge in [0.2, 0.25) is 0 Å². The smallest absolute Gasteiger partial charge is 0.330 e. The van der Waals surface area contributed by atoms with Gasteiger partial charge >= 0.3 is 5.97 Å².